The van der Waals surface area contributed by atoms with Crippen LogP contribution in [0.25, 0.3) is 0 Å². The lowest BCUT2D eigenvalue weighted by Gasteiger charge is -2.63. The Hall–Kier alpha value is -0.0400. The first-order chi connectivity index (χ1) is 13.7. The van der Waals surface area contributed by atoms with E-state index in [4.69, 9.17) is 0 Å². The normalized spacial score (nSPS) is 50.7. The molecule has 4 rings (SSSR count). The fourth-order valence-electron chi connectivity index (χ4n) is 9.64. The first kappa shape index (κ1) is 22.2. The predicted octanol–water partition coefficient (Wildman–Crippen LogP) is 7.71. The molecular weight excluding hydrogens is 352 g/mol. The molecule has 1 nitrogen and oxygen atoms in total. The fraction of sp³-hybridized carbons (Fsp3) is 1.00. The number of fused-ring (bicyclic) bond motifs is 5. The minimum atomic E-state index is -0.0202. The van der Waals surface area contributed by atoms with Crippen LogP contribution in [0.4, 0.5) is 0 Å². The Morgan fingerprint density at radius 1 is 0.862 bits per heavy atom. The molecule has 4 fully saturated rings. The van der Waals surface area contributed by atoms with E-state index in [0.29, 0.717) is 10.8 Å². The molecule has 0 aromatic rings. The molecule has 0 radical (unpaired) electrons. The summed E-state index contributed by atoms with van der Waals surface area (Å²) in [5, 5.41) is 10.3. The molecule has 0 heterocycles. The Morgan fingerprint density at radius 2 is 1.55 bits per heavy atom. The van der Waals surface area contributed by atoms with Gasteiger partial charge in [-0.05, 0) is 110 Å². The first-order valence-corrected chi connectivity index (χ1v) is 13.3. The Labute approximate surface area is 181 Å². The van der Waals surface area contributed by atoms with Crippen molar-refractivity contribution in [1.29, 1.82) is 0 Å². The van der Waals surface area contributed by atoms with Crippen LogP contribution in [0, 0.1) is 58.2 Å². The molecule has 29 heavy (non-hydrogen) atoms. The zero-order chi connectivity index (χ0) is 21.0. The van der Waals surface area contributed by atoms with Gasteiger partial charge in [-0.1, -0.05) is 60.8 Å². The zero-order valence-corrected chi connectivity index (χ0v) is 20.4. The average Bonchev–Trinajstić information content (AvgIpc) is 3.00. The Morgan fingerprint density at radius 3 is 2.28 bits per heavy atom. The molecule has 0 aromatic heterocycles. The second kappa shape index (κ2) is 8.14. The molecule has 4 aliphatic rings. The molecule has 1 heteroatoms. The van der Waals surface area contributed by atoms with Crippen LogP contribution in [0.3, 0.4) is 0 Å². The standard InChI is InChI=1S/C28H50O/c1-18(2)8-7-9-19(3)23-10-11-24-26-20(4)16-21-17-22(29)12-14-27(21,5)25(26)13-15-28(23,24)6/h18-26,29H,7-17H2,1-6H3/t19-,20+,21+,22+,23-,24?,25?,26?,27+,28-/m1/s1. The maximum absolute atomic E-state index is 10.3. The molecule has 1 N–H and O–H groups in total. The van der Waals surface area contributed by atoms with Gasteiger partial charge < -0.3 is 5.11 Å². The van der Waals surface area contributed by atoms with Gasteiger partial charge in [0.15, 0.2) is 0 Å². The Kier molecular flexibility index (Phi) is 6.22. The van der Waals surface area contributed by atoms with E-state index in [1.165, 1.54) is 57.8 Å². The van der Waals surface area contributed by atoms with Crippen LogP contribution in [0.1, 0.15) is 112 Å². The molecule has 0 aromatic carbocycles. The van der Waals surface area contributed by atoms with Crippen molar-refractivity contribution in [2.45, 2.75) is 118 Å². The lowest BCUT2D eigenvalue weighted by Crippen LogP contribution is -2.56. The van der Waals surface area contributed by atoms with E-state index >= 15 is 0 Å². The van der Waals surface area contributed by atoms with Crippen molar-refractivity contribution in [3.8, 4) is 0 Å². The van der Waals surface area contributed by atoms with Crippen LogP contribution >= 0.6 is 0 Å². The summed E-state index contributed by atoms with van der Waals surface area (Å²) in [4.78, 5) is 0. The van der Waals surface area contributed by atoms with E-state index in [-0.39, 0.29) is 6.10 Å². The van der Waals surface area contributed by atoms with E-state index < -0.39 is 0 Å². The summed E-state index contributed by atoms with van der Waals surface area (Å²) in [5.74, 6) is 7.23. The highest BCUT2D eigenvalue weighted by Crippen LogP contribution is 2.69. The molecule has 168 valence electrons. The summed E-state index contributed by atoms with van der Waals surface area (Å²) >= 11 is 0. The zero-order valence-electron chi connectivity index (χ0n) is 20.4. The molecule has 4 aliphatic carbocycles. The third-order valence-electron chi connectivity index (χ3n) is 11.2. The van der Waals surface area contributed by atoms with E-state index in [2.05, 4.69) is 41.5 Å². The van der Waals surface area contributed by atoms with Crippen molar-refractivity contribution in [2.75, 3.05) is 0 Å². The van der Waals surface area contributed by atoms with Crippen LogP contribution in [0.15, 0.2) is 0 Å². The van der Waals surface area contributed by atoms with Crippen LogP contribution in [0.2, 0.25) is 0 Å². The summed E-state index contributed by atoms with van der Waals surface area (Å²) in [7, 11) is 0. The minimum absolute atomic E-state index is 0.0202. The fourth-order valence-corrected chi connectivity index (χ4v) is 9.64. The predicted molar refractivity (Wildman–Crippen MR) is 124 cm³/mol. The summed E-state index contributed by atoms with van der Waals surface area (Å²) < 4.78 is 0. The largest absolute Gasteiger partial charge is 0.393 e. The molecule has 0 spiro atoms. The molecule has 10 atom stereocenters. The van der Waals surface area contributed by atoms with Crippen molar-refractivity contribution in [1.82, 2.24) is 0 Å². The molecule has 0 aliphatic heterocycles. The van der Waals surface area contributed by atoms with Crippen LogP contribution in [-0.2, 0) is 0 Å². The molecule has 0 amide bonds. The van der Waals surface area contributed by atoms with Gasteiger partial charge in [0, 0.05) is 0 Å². The van der Waals surface area contributed by atoms with Gasteiger partial charge in [0.2, 0.25) is 0 Å². The van der Waals surface area contributed by atoms with E-state index in [1.54, 1.807) is 0 Å². The van der Waals surface area contributed by atoms with Gasteiger partial charge in [-0.15, -0.1) is 0 Å². The third kappa shape index (κ3) is 3.74. The van der Waals surface area contributed by atoms with Crippen molar-refractivity contribution >= 4 is 0 Å². The van der Waals surface area contributed by atoms with Gasteiger partial charge in [0.25, 0.3) is 0 Å². The first-order valence-electron chi connectivity index (χ1n) is 13.3. The lowest BCUT2D eigenvalue weighted by atomic mass is 9.42. The van der Waals surface area contributed by atoms with E-state index in [1.807, 2.05) is 0 Å². The number of aliphatic hydroxyl groups excluding tert-OH is 1. The molecule has 0 saturated heterocycles. The van der Waals surface area contributed by atoms with Crippen LogP contribution in [-0.4, -0.2) is 11.2 Å². The highest BCUT2D eigenvalue weighted by Gasteiger charge is 2.62. The van der Waals surface area contributed by atoms with Gasteiger partial charge in [-0.2, -0.15) is 0 Å². The molecule has 0 bridgehead atoms. The molecule has 3 unspecified atom stereocenters. The van der Waals surface area contributed by atoms with E-state index in [0.717, 1.165) is 60.2 Å². The average molecular weight is 403 g/mol. The number of rotatable bonds is 5. The minimum Gasteiger partial charge on any atom is -0.393 e. The SMILES string of the molecule is CC(C)CCC[C@@H](C)[C@H]1CCC2C3C(CC[C@@]21C)[C@@]1(C)CC[C@H](O)C[C@@H]1C[C@@H]3C. The second-order valence-corrected chi connectivity index (χ2v) is 13.2. The summed E-state index contributed by atoms with van der Waals surface area (Å²) in [6, 6.07) is 0. The molecule has 4 saturated carbocycles. The van der Waals surface area contributed by atoms with Crippen molar-refractivity contribution in [3.05, 3.63) is 0 Å². The van der Waals surface area contributed by atoms with Gasteiger partial charge >= 0.3 is 0 Å². The third-order valence-corrected chi connectivity index (χ3v) is 11.2. The number of hydrogen-bond donors (Lipinski definition) is 1. The van der Waals surface area contributed by atoms with Crippen molar-refractivity contribution in [3.63, 3.8) is 0 Å². The van der Waals surface area contributed by atoms with Gasteiger partial charge in [0.05, 0.1) is 6.10 Å². The van der Waals surface area contributed by atoms with Crippen molar-refractivity contribution in [2.24, 2.45) is 58.2 Å². The van der Waals surface area contributed by atoms with Gasteiger partial charge in [0.1, 0.15) is 0 Å². The Bertz CT molecular complexity index is 569. The number of aliphatic hydroxyl groups is 1. The lowest BCUT2D eigenvalue weighted by molar-refractivity contribution is -0.150. The summed E-state index contributed by atoms with van der Waals surface area (Å²) in [6.45, 7) is 15.3. The maximum Gasteiger partial charge on any atom is 0.0543 e. The maximum atomic E-state index is 10.3. The molecular formula is C28H50O. The van der Waals surface area contributed by atoms with Crippen LogP contribution in [0.5, 0.6) is 0 Å². The topological polar surface area (TPSA) is 20.2 Å². The van der Waals surface area contributed by atoms with Gasteiger partial charge in [-0.3, -0.25) is 0 Å². The monoisotopic (exact) mass is 402 g/mol. The second-order valence-electron chi connectivity index (χ2n) is 13.2. The van der Waals surface area contributed by atoms with Crippen LogP contribution < -0.4 is 0 Å². The Balaban J connectivity index is 1.50. The van der Waals surface area contributed by atoms with Crippen molar-refractivity contribution < 1.29 is 5.11 Å². The quantitative estimate of drug-likeness (QED) is 0.499. The number of hydrogen-bond acceptors (Lipinski definition) is 1. The highest BCUT2D eigenvalue weighted by atomic mass is 16.3. The summed E-state index contributed by atoms with van der Waals surface area (Å²) in [6.07, 6.45) is 15.0. The van der Waals surface area contributed by atoms with Gasteiger partial charge in [-0.25, -0.2) is 0 Å². The van der Waals surface area contributed by atoms with E-state index in [9.17, 15) is 5.11 Å². The highest BCUT2D eigenvalue weighted by molar-refractivity contribution is 5.11. The summed E-state index contributed by atoms with van der Waals surface area (Å²) in [5.41, 5.74) is 1.11. The smallest absolute Gasteiger partial charge is 0.0543 e.